The van der Waals surface area contributed by atoms with Crippen molar-refractivity contribution in [2.45, 2.75) is 13.3 Å². The second-order valence-corrected chi connectivity index (χ2v) is 7.16. The van der Waals surface area contributed by atoms with Gasteiger partial charge in [-0.1, -0.05) is 30.3 Å². The molecule has 140 valence electrons. The van der Waals surface area contributed by atoms with Crippen LogP contribution in [0, 0.1) is 6.92 Å². The van der Waals surface area contributed by atoms with Crippen molar-refractivity contribution in [3.63, 3.8) is 0 Å². The number of fused-ring (bicyclic) bond motifs is 1. The van der Waals surface area contributed by atoms with Crippen molar-refractivity contribution < 1.29 is 14.7 Å². The first kappa shape index (κ1) is 18.8. The molecular weight excluding hydrogens is 364 g/mol. The zero-order chi connectivity index (χ0) is 19.4. The van der Waals surface area contributed by atoms with Gasteiger partial charge in [-0.3, -0.25) is 9.59 Å². The van der Waals surface area contributed by atoms with Gasteiger partial charge in [-0.15, -0.1) is 11.3 Å². The normalized spacial score (nSPS) is 10.7. The smallest absolute Gasteiger partial charge is 0.305 e. The van der Waals surface area contributed by atoms with E-state index in [2.05, 4.69) is 15.3 Å². The van der Waals surface area contributed by atoms with Gasteiger partial charge < -0.3 is 15.3 Å². The summed E-state index contributed by atoms with van der Waals surface area (Å²) in [6.45, 7) is 2.02. The number of hydrogen-bond acceptors (Lipinski definition) is 6. The number of benzene rings is 1. The number of thiophene rings is 1. The number of nitrogens with zero attached hydrogens (tertiary/aromatic N) is 3. The number of rotatable bonds is 7. The Kier molecular flexibility index (Phi) is 5.66. The summed E-state index contributed by atoms with van der Waals surface area (Å²) < 4.78 is 0. The standard InChI is InChI=1S/C19H20N4O3S/c1-12-21-18(20-11-16(24)23(2)9-8-17(25)26)14-10-15(27-19(14)22-12)13-6-4-3-5-7-13/h3-7,10H,8-9,11H2,1-2H3,(H,25,26)(H,20,21,22). The first-order chi connectivity index (χ1) is 12.9. The Morgan fingerprint density at radius 3 is 2.67 bits per heavy atom. The predicted octanol–water partition coefficient (Wildman–Crippen LogP) is 3.01. The van der Waals surface area contributed by atoms with Gasteiger partial charge >= 0.3 is 5.97 Å². The van der Waals surface area contributed by atoms with E-state index in [-0.39, 0.29) is 25.4 Å². The molecule has 2 N–H and O–H groups in total. The minimum absolute atomic E-state index is 0.0399. The number of aromatic nitrogens is 2. The number of hydrogen-bond donors (Lipinski definition) is 2. The minimum Gasteiger partial charge on any atom is -0.481 e. The fourth-order valence-electron chi connectivity index (χ4n) is 2.59. The topological polar surface area (TPSA) is 95.4 Å². The molecule has 1 aromatic carbocycles. The van der Waals surface area contributed by atoms with Crippen LogP contribution >= 0.6 is 11.3 Å². The Balaban J connectivity index is 1.79. The number of aliphatic carboxylic acids is 1. The summed E-state index contributed by atoms with van der Waals surface area (Å²) in [7, 11) is 1.59. The molecule has 0 aliphatic rings. The minimum atomic E-state index is -0.928. The van der Waals surface area contributed by atoms with Crippen molar-refractivity contribution in [1.29, 1.82) is 0 Å². The summed E-state index contributed by atoms with van der Waals surface area (Å²) in [6.07, 6.45) is -0.0793. The molecule has 2 aromatic heterocycles. The lowest BCUT2D eigenvalue weighted by Crippen LogP contribution is -2.34. The molecule has 0 bridgehead atoms. The average Bonchev–Trinajstić information content (AvgIpc) is 3.08. The van der Waals surface area contributed by atoms with Crippen LogP contribution in [0.5, 0.6) is 0 Å². The third-order valence-electron chi connectivity index (χ3n) is 4.06. The molecule has 27 heavy (non-hydrogen) atoms. The number of nitrogens with one attached hydrogen (secondary N) is 1. The van der Waals surface area contributed by atoms with Gasteiger partial charge in [-0.25, -0.2) is 9.97 Å². The van der Waals surface area contributed by atoms with Crippen molar-refractivity contribution in [1.82, 2.24) is 14.9 Å². The lowest BCUT2D eigenvalue weighted by atomic mass is 10.2. The van der Waals surface area contributed by atoms with Crippen molar-refractivity contribution in [3.8, 4) is 10.4 Å². The SMILES string of the molecule is Cc1nc(NCC(=O)N(C)CCC(=O)O)c2cc(-c3ccccc3)sc2n1. The van der Waals surface area contributed by atoms with Gasteiger partial charge in [-0.05, 0) is 18.6 Å². The van der Waals surface area contributed by atoms with Crippen LogP contribution in [0.4, 0.5) is 5.82 Å². The number of aryl methyl sites for hydroxylation is 1. The zero-order valence-electron chi connectivity index (χ0n) is 15.1. The Morgan fingerprint density at radius 2 is 1.96 bits per heavy atom. The number of likely N-dealkylation sites (N-methyl/N-ethyl adjacent to an activating group) is 1. The molecule has 0 unspecified atom stereocenters. The van der Waals surface area contributed by atoms with Crippen LogP contribution in [0.2, 0.25) is 0 Å². The number of carboxylic acid groups (broad SMARTS) is 1. The fraction of sp³-hybridized carbons (Fsp3) is 0.263. The molecule has 8 heteroatoms. The largest absolute Gasteiger partial charge is 0.481 e. The molecule has 0 fully saturated rings. The van der Waals surface area contributed by atoms with E-state index in [1.807, 2.05) is 43.3 Å². The maximum absolute atomic E-state index is 12.2. The van der Waals surface area contributed by atoms with E-state index in [0.29, 0.717) is 11.6 Å². The number of carbonyl (C=O) groups is 2. The Bertz CT molecular complexity index is 972. The van der Waals surface area contributed by atoms with E-state index in [9.17, 15) is 9.59 Å². The van der Waals surface area contributed by atoms with Crippen LogP contribution in [-0.2, 0) is 9.59 Å². The molecule has 0 atom stereocenters. The first-order valence-electron chi connectivity index (χ1n) is 8.47. The summed E-state index contributed by atoms with van der Waals surface area (Å²) in [4.78, 5) is 35.1. The summed E-state index contributed by atoms with van der Waals surface area (Å²) in [5.41, 5.74) is 1.11. The van der Waals surface area contributed by atoms with Gasteiger partial charge in [0, 0.05) is 18.5 Å². The van der Waals surface area contributed by atoms with E-state index in [0.717, 1.165) is 20.7 Å². The Labute approximate surface area is 160 Å². The van der Waals surface area contributed by atoms with Gasteiger partial charge in [0.05, 0.1) is 18.4 Å². The van der Waals surface area contributed by atoms with Gasteiger partial charge in [-0.2, -0.15) is 0 Å². The molecular formula is C19H20N4O3S. The van der Waals surface area contributed by atoms with Crippen molar-refractivity contribution in [3.05, 3.63) is 42.2 Å². The van der Waals surface area contributed by atoms with Gasteiger partial charge in [0.25, 0.3) is 0 Å². The summed E-state index contributed by atoms with van der Waals surface area (Å²) in [6, 6.07) is 12.1. The summed E-state index contributed by atoms with van der Waals surface area (Å²) in [5.74, 6) is 0.107. The number of carbonyl (C=O) groups excluding carboxylic acids is 1. The molecule has 0 spiro atoms. The monoisotopic (exact) mass is 384 g/mol. The van der Waals surface area contributed by atoms with Crippen LogP contribution in [0.15, 0.2) is 36.4 Å². The van der Waals surface area contributed by atoms with E-state index >= 15 is 0 Å². The quantitative estimate of drug-likeness (QED) is 0.650. The Hall–Kier alpha value is -3.00. The highest BCUT2D eigenvalue weighted by Crippen LogP contribution is 2.35. The highest BCUT2D eigenvalue weighted by atomic mass is 32.1. The zero-order valence-corrected chi connectivity index (χ0v) is 15.9. The molecule has 2 heterocycles. The third-order valence-corrected chi connectivity index (χ3v) is 5.13. The second kappa shape index (κ2) is 8.13. The summed E-state index contributed by atoms with van der Waals surface area (Å²) >= 11 is 1.58. The summed E-state index contributed by atoms with van der Waals surface area (Å²) in [5, 5.41) is 12.7. The molecule has 7 nitrogen and oxygen atoms in total. The van der Waals surface area contributed by atoms with Crippen LogP contribution < -0.4 is 5.32 Å². The molecule has 0 aliphatic heterocycles. The maximum Gasteiger partial charge on any atom is 0.305 e. The molecule has 0 aliphatic carbocycles. The van der Waals surface area contributed by atoms with E-state index in [1.165, 1.54) is 4.90 Å². The van der Waals surface area contributed by atoms with Crippen molar-refractivity contribution in [2.75, 3.05) is 25.5 Å². The number of anilines is 1. The highest BCUT2D eigenvalue weighted by molar-refractivity contribution is 7.21. The lowest BCUT2D eigenvalue weighted by molar-refractivity contribution is -0.138. The Morgan fingerprint density at radius 1 is 1.22 bits per heavy atom. The van der Waals surface area contributed by atoms with Crippen LogP contribution in [0.25, 0.3) is 20.7 Å². The van der Waals surface area contributed by atoms with Crippen LogP contribution in [0.3, 0.4) is 0 Å². The van der Waals surface area contributed by atoms with Crippen LogP contribution in [0.1, 0.15) is 12.2 Å². The second-order valence-electron chi connectivity index (χ2n) is 6.13. The van der Waals surface area contributed by atoms with Gasteiger partial charge in [0.15, 0.2) is 0 Å². The predicted molar refractivity (Wildman–Crippen MR) is 106 cm³/mol. The fourth-order valence-corrected chi connectivity index (χ4v) is 3.67. The molecule has 0 saturated heterocycles. The lowest BCUT2D eigenvalue weighted by Gasteiger charge is -2.16. The average molecular weight is 384 g/mol. The highest BCUT2D eigenvalue weighted by Gasteiger charge is 2.14. The third kappa shape index (κ3) is 4.59. The molecule has 3 rings (SSSR count). The maximum atomic E-state index is 12.2. The molecule has 0 saturated carbocycles. The van der Waals surface area contributed by atoms with Crippen molar-refractivity contribution in [2.24, 2.45) is 0 Å². The number of carboxylic acids is 1. The van der Waals surface area contributed by atoms with Gasteiger partial charge in [0.1, 0.15) is 16.5 Å². The van der Waals surface area contributed by atoms with Crippen LogP contribution in [-0.4, -0.2) is 52.0 Å². The van der Waals surface area contributed by atoms with E-state index in [1.54, 1.807) is 18.4 Å². The first-order valence-corrected chi connectivity index (χ1v) is 9.29. The molecule has 0 radical (unpaired) electrons. The molecule has 3 aromatic rings. The van der Waals surface area contributed by atoms with E-state index in [4.69, 9.17) is 5.11 Å². The number of amides is 1. The van der Waals surface area contributed by atoms with Crippen molar-refractivity contribution >= 4 is 39.2 Å². The van der Waals surface area contributed by atoms with Gasteiger partial charge in [0.2, 0.25) is 5.91 Å². The van der Waals surface area contributed by atoms with E-state index < -0.39 is 5.97 Å². The molecule has 1 amide bonds.